The van der Waals surface area contributed by atoms with Crippen molar-refractivity contribution in [2.24, 2.45) is 0 Å². The zero-order valence-electron chi connectivity index (χ0n) is 9.84. The van der Waals surface area contributed by atoms with Crippen molar-refractivity contribution in [3.63, 3.8) is 0 Å². The summed E-state index contributed by atoms with van der Waals surface area (Å²) in [7, 11) is 0. The molecule has 0 aliphatic rings. The predicted molar refractivity (Wildman–Crippen MR) is 70.2 cm³/mol. The first kappa shape index (κ1) is 11.2. The lowest BCUT2D eigenvalue weighted by molar-refractivity contribution is 0.627. The number of anilines is 1. The molecule has 0 fully saturated rings. The van der Waals surface area contributed by atoms with Crippen LogP contribution in [0, 0.1) is 17.1 Å². The summed E-state index contributed by atoms with van der Waals surface area (Å²) in [6.07, 6.45) is 0. The molecule has 0 unspecified atom stereocenters. The molecule has 0 aliphatic heterocycles. The van der Waals surface area contributed by atoms with Gasteiger partial charge in [-0.25, -0.2) is 9.37 Å². The molecule has 3 aromatic rings. The minimum atomic E-state index is -0.352. The minimum Gasteiger partial charge on any atom is -0.369 e. The lowest BCUT2D eigenvalue weighted by atomic mass is 10.2. The Labute approximate surface area is 108 Å². The first-order valence-corrected chi connectivity index (χ1v) is 5.63. The maximum atomic E-state index is 13.3. The van der Waals surface area contributed by atoms with Crippen molar-refractivity contribution < 1.29 is 4.39 Å². The van der Waals surface area contributed by atoms with Gasteiger partial charge < -0.3 is 5.73 Å². The van der Waals surface area contributed by atoms with E-state index in [1.54, 1.807) is 34.9 Å². The fourth-order valence-corrected chi connectivity index (χ4v) is 2.09. The highest BCUT2D eigenvalue weighted by Gasteiger charge is 2.12. The van der Waals surface area contributed by atoms with Gasteiger partial charge in [0.25, 0.3) is 0 Å². The molecule has 0 radical (unpaired) electrons. The number of nitrogens with two attached hydrogens (primary N) is 1. The van der Waals surface area contributed by atoms with E-state index in [0.29, 0.717) is 22.3 Å². The van der Waals surface area contributed by atoms with Crippen molar-refractivity contribution in [3.05, 3.63) is 53.8 Å². The summed E-state index contributed by atoms with van der Waals surface area (Å²) in [4.78, 5) is 4.19. The number of rotatable bonds is 1. The van der Waals surface area contributed by atoms with Gasteiger partial charge in [-0.2, -0.15) is 5.26 Å². The zero-order valence-corrected chi connectivity index (χ0v) is 9.84. The smallest absolute Gasteiger partial charge is 0.205 e. The van der Waals surface area contributed by atoms with Gasteiger partial charge in [0.05, 0.1) is 16.8 Å². The van der Waals surface area contributed by atoms with E-state index in [1.807, 2.05) is 0 Å². The van der Waals surface area contributed by atoms with Gasteiger partial charge in [0.15, 0.2) is 0 Å². The Hall–Kier alpha value is -2.87. The molecule has 0 spiro atoms. The minimum absolute atomic E-state index is 0.225. The molecule has 1 aromatic heterocycles. The molecule has 0 bridgehead atoms. The van der Waals surface area contributed by atoms with Crippen LogP contribution < -0.4 is 5.73 Å². The molecule has 0 saturated carbocycles. The van der Waals surface area contributed by atoms with E-state index in [2.05, 4.69) is 11.1 Å². The largest absolute Gasteiger partial charge is 0.369 e. The van der Waals surface area contributed by atoms with Gasteiger partial charge in [-0.15, -0.1) is 0 Å². The third-order valence-corrected chi connectivity index (χ3v) is 2.90. The van der Waals surface area contributed by atoms with Crippen LogP contribution >= 0.6 is 0 Å². The summed E-state index contributed by atoms with van der Waals surface area (Å²) in [6, 6.07) is 13.4. The second-order valence-corrected chi connectivity index (χ2v) is 4.07. The average molecular weight is 252 g/mol. The Bertz CT molecular complexity index is 814. The number of imidazole rings is 1. The molecular formula is C14H9FN4. The van der Waals surface area contributed by atoms with Crippen LogP contribution in [-0.4, -0.2) is 9.55 Å². The standard InChI is InChI=1S/C14H9FN4/c15-10-4-2-5-11(7-10)19-12-6-1-3-9(8-16)13(12)18-14(19)17/h1-7H,(H2,17,18). The Kier molecular flexibility index (Phi) is 2.43. The van der Waals surface area contributed by atoms with Gasteiger partial charge in [-0.3, -0.25) is 4.57 Å². The monoisotopic (exact) mass is 252 g/mol. The van der Waals surface area contributed by atoms with Crippen molar-refractivity contribution in [1.82, 2.24) is 9.55 Å². The van der Waals surface area contributed by atoms with Crippen LogP contribution in [0.3, 0.4) is 0 Å². The second-order valence-electron chi connectivity index (χ2n) is 4.07. The molecule has 0 atom stereocenters. The van der Waals surface area contributed by atoms with Crippen LogP contribution in [0.5, 0.6) is 0 Å². The molecule has 92 valence electrons. The summed E-state index contributed by atoms with van der Waals surface area (Å²) in [6.45, 7) is 0. The third kappa shape index (κ3) is 1.70. The topological polar surface area (TPSA) is 67.6 Å². The summed E-state index contributed by atoms with van der Waals surface area (Å²) in [5.74, 6) is -0.126. The molecule has 2 N–H and O–H groups in total. The molecular weight excluding hydrogens is 243 g/mol. The number of hydrogen-bond acceptors (Lipinski definition) is 3. The van der Waals surface area contributed by atoms with Gasteiger partial charge in [-0.05, 0) is 30.3 Å². The zero-order chi connectivity index (χ0) is 13.4. The van der Waals surface area contributed by atoms with Crippen molar-refractivity contribution >= 4 is 17.0 Å². The normalized spacial score (nSPS) is 10.5. The highest BCUT2D eigenvalue weighted by atomic mass is 19.1. The molecule has 0 aliphatic carbocycles. The highest BCUT2D eigenvalue weighted by Crippen LogP contribution is 2.25. The lowest BCUT2D eigenvalue weighted by Gasteiger charge is -2.06. The number of nitrogens with zero attached hydrogens (tertiary/aromatic N) is 3. The van der Waals surface area contributed by atoms with E-state index in [-0.39, 0.29) is 11.8 Å². The van der Waals surface area contributed by atoms with Crippen LogP contribution in [-0.2, 0) is 0 Å². The SMILES string of the molecule is N#Cc1cccc2c1nc(N)n2-c1cccc(F)c1. The van der Waals surface area contributed by atoms with E-state index < -0.39 is 0 Å². The number of fused-ring (bicyclic) bond motifs is 1. The number of benzene rings is 2. The highest BCUT2D eigenvalue weighted by molar-refractivity contribution is 5.85. The second kappa shape index (κ2) is 4.10. The van der Waals surface area contributed by atoms with Crippen LogP contribution in [0.25, 0.3) is 16.7 Å². The van der Waals surface area contributed by atoms with E-state index >= 15 is 0 Å². The maximum absolute atomic E-state index is 13.3. The number of nitriles is 1. The molecule has 3 rings (SSSR count). The Morgan fingerprint density at radius 3 is 2.74 bits per heavy atom. The molecule has 19 heavy (non-hydrogen) atoms. The molecule has 4 nitrogen and oxygen atoms in total. The van der Waals surface area contributed by atoms with E-state index in [9.17, 15) is 4.39 Å². The maximum Gasteiger partial charge on any atom is 0.205 e. The van der Waals surface area contributed by atoms with E-state index in [4.69, 9.17) is 11.0 Å². The summed E-state index contributed by atoms with van der Waals surface area (Å²) in [5, 5.41) is 9.05. The van der Waals surface area contributed by atoms with Crippen LogP contribution in [0.1, 0.15) is 5.56 Å². The van der Waals surface area contributed by atoms with Gasteiger partial charge in [0.2, 0.25) is 5.95 Å². The van der Waals surface area contributed by atoms with Crippen molar-refractivity contribution in [2.45, 2.75) is 0 Å². The van der Waals surface area contributed by atoms with E-state index in [0.717, 1.165) is 0 Å². The first-order chi connectivity index (χ1) is 9.20. The first-order valence-electron chi connectivity index (χ1n) is 5.63. The van der Waals surface area contributed by atoms with Gasteiger partial charge >= 0.3 is 0 Å². The third-order valence-electron chi connectivity index (χ3n) is 2.90. The molecule has 0 amide bonds. The van der Waals surface area contributed by atoms with Gasteiger partial charge in [0, 0.05) is 0 Å². The lowest BCUT2D eigenvalue weighted by Crippen LogP contribution is -2.00. The van der Waals surface area contributed by atoms with Gasteiger partial charge in [0.1, 0.15) is 17.4 Å². The van der Waals surface area contributed by atoms with Crippen LogP contribution in [0.15, 0.2) is 42.5 Å². The van der Waals surface area contributed by atoms with E-state index in [1.165, 1.54) is 12.1 Å². The number of nitrogen functional groups attached to an aromatic ring is 1. The Morgan fingerprint density at radius 1 is 1.21 bits per heavy atom. The average Bonchev–Trinajstić information content (AvgIpc) is 2.74. The molecule has 1 heterocycles. The number of hydrogen-bond donors (Lipinski definition) is 1. The molecule has 0 saturated heterocycles. The predicted octanol–water partition coefficient (Wildman–Crippen LogP) is 2.62. The summed E-state index contributed by atoms with van der Waals surface area (Å²) in [5.41, 5.74) is 8.10. The summed E-state index contributed by atoms with van der Waals surface area (Å²) >= 11 is 0. The fourth-order valence-electron chi connectivity index (χ4n) is 2.09. The molecule has 2 aromatic carbocycles. The van der Waals surface area contributed by atoms with Crippen LogP contribution in [0.4, 0.5) is 10.3 Å². The number of halogens is 1. The van der Waals surface area contributed by atoms with Crippen LogP contribution in [0.2, 0.25) is 0 Å². The number of para-hydroxylation sites is 1. The summed E-state index contributed by atoms with van der Waals surface area (Å²) < 4.78 is 14.9. The number of aromatic nitrogens is 2. The molecule has 5 heteroatoms. The Balaban J connectivity index is 2.37. The fraction of sp³-hybridized carbons (Fsp3) is 0. The quantitative estimate of drug-likeness (QED) is 0.723. The Morgan fingerprint density at radius 2 is 2.00 bits per heavy atom. The van der Waals surface area contributed by atoms with Crippen molar-refractivity contribution in [1.29, 1.82) is 5.26 Å². The van der Waals surface area contributed by atoms with Crippen molar-refractivity contribution in [2.75, 3.05) is 5.73 Å². The van der Waals surface area contributed by atoms with Crippen molar-refractivity contribution in [3.8, 4) is 11.8 Å². The van der Waals surface area contributed by atoms with Gasteiger partial charge in [-0.1, -0.05) is 12.1 Å².